The Hall–Kier alpha value is -2.76. The summed E-state index contributed by atoms with van der Waals surface area (Å²) in [6, 6.07) is 5.19. The summed E-state index contributed by atoms with van der Waals surface area (Å²) in [7, 11) is 1.53. The number of anilines is 1. The van der Waals surface area contributed by atoms with E-state index < -0.39 is 23.4 Å². The number of hydrogen-bond donors (Lipinski definition) is 1. The fourth-order valence-corrected chi connectivity index (χ4v) is 4.14. The lowest BCUT2D eigenvalue weighted by Gasteiger charge is -2.03. The van der Waals surface area contributed by atoms with Crippen molar-refractivity contribution in [2.45, 2.75) is 0 Å². The average molecular weight is 428 g/mol. The molecule has 0 saturated carbocycles. The van der Waals surface area contributed by atoms with Gasteiger partial charge < -0.3 is 9.47 Å². The molecule has 3 rings (SSSR count). The lowest BCUT2D eigenvalue weighted by molar-refractivity contribution is -0.380. The van der Waals surface area contributed by atoms with E-state index in [4.69, 9.17) is 21.1 Å². The van der Waals surface area contributed by atoms with Crippen molar-refractivity contribution < 1.29 is 24.0 Å². The monoisotopic (exact) mass is 427 g/mol. The highest BCUT2D eigenvalue weighted by Crippen LogP contribution is 2.37. The summed E-state index contributed by atoms with van der Waals surface area (Å²) in [5.41, 5.74) is 0. The minimum absolute atomic E-state index is 0.0368. The number of thiazole rings is 1. The zero-order valence-corrected chi connectivity index (χ0v) is 15.9. The lowest BCUT2D eigenvalue weighted by atomic mass is 10.2. The first-order valence-corrected chi connectivity index (χ1v) is 9.23. The van der Waals surface area contributed by atoms with Crippen molar-refractivity contribution in [3.05, 3.63) is 44.4 Å². The number of amides is 1. The number of hydrogen-bond acceptors (Lipinski definition) is 9. The summed E-state index contributed by atoms with van der Waals surface area (Å²) in [4.78, 5) is 37.9. The van der Waals surface area contributed by atoms with Crippen molar-refractivity contribution in [3.8, 4) is 5.75 Å². The molecule has 0 saturated heterocycles. The smallest absolute Gasteiger partial charge is 0.350 e. The molecule has 0 fully saturated rings. The molecule has 0 spiro atoms. The normalized spacial score (nSPS) is 10.6. The van der Waals surface area contributed by atoms with E-state index in [0.29, 0.717) is 22.5 Å². The van der Waals surface area contributed by atoms with Crippen LogP contribution in [0.4, 0.5) is 10.1 Å². The van der Waals surface area contributed by atoms with E-state index in [2.05, 4.69) is 10.3 Å². The van der Waals surface area contributed by atoms with E-state index in [-0.39, 0.29) is 20.0 Å². The SMILES string of the molecule is COc1ccc2c(Cl)c(C(=O)OCC(=O)Nc3ncc([N+](=O)[O-])s3)sc2c1. The highest BCUT2D eigenvalue weighted by Gasteiger charge is 2.20. The quantitative estimate of drug-likeness (QED) is 0.361. The number of thiophene rings is 1. The molecule has 3 aromatic rings. The van der Waals surface area contributed by atoms with E-state index in [9.17, 15) is 19.7 Å². The predicted molar refractivity (Wildman–Crippen MR) is 101 cm³/mol. The zero-order valence-electron chi connectivity index (χ0n) is 13.6. The summed E-state index contributed by atoms with van der Waals surface area (Å²) < 4.78 is 10.8. The summed E-state index contributed by atoms with van der Waals surface area (Å²) in [5, 5.41) is 13.6. The second-order valence-corrected chi connectivity index (χ2v) is 7.43. The van der Waals surface area contributed by atoms with Gasteiger partial charge in [0.1, 0.15) is 16.8 Å². The van der Waals surface area contributed by atoms with Crippen LogP contribution in [0.3, 0.4) is 0 Å². The van der Waals surface area contributed by atoms with Crippen molar-refractivity contribution in [3.63, 3.8) is 0 Å². The predicted octanol–water partition coefficient (Wildman–Crippen LogP) is 3.72. The average Bonchev–Trinajstić information content (AvgIpc) is 3.24. The molecule has 0 aliphatic rings. The van der Waals surface area contributed by atoms with Gasteiger partial charge in [-0.1, -0.05) is 11.6 Å². The topological polar surface area (TPSA) is 121 Å². The molecule has 2 aromatic heterocycles. The largest absolute Gasteiger partial charge is 0.497 e. The third-order valence-corrected chi connectivity index (χ3v) is 5.78. The number of halogens is 1. The number of carbonyl (C=O) groups excluding carboxylic acids is 2. The van der Waals surface area contributed by atoms with Gasteiger partial charge in [-0.2, -0.15) is 0 Å². The summed E-state index contributed by atoms with van der Waals surface area (Å²) in [6.07, 6.45) is 1.03. The third-order valence-electron chi connectivity index (χ3n) is 3.28. The van der Waals surface area contributed by atoms with Crippen molar-refractivity contribution in [1.29, 1.82) is 0 Å². The Morgan fingerprint density at radius 2 is 2.15 bits per heavy atom. The first kappa shape index (κ1) is 19.0. The number of nitrogens with one attached hydrogen (secondary N) is 1. The Bertz CT molecular complexity index is 1050. The number of fused-ring (bicyclic) bond motifs is 1. The Morgan fingerprint density at radius 3 is 2.81 bits per heavy atom. The van der Waals surface area contributed by atoms with Crippen LogP contribution in [0.5, 0.6) is 5.75 Å². The van der Waals surface area contributed by atoms with E-state index >= 15 is 0 Å². The van der Waals surface area contributed by atoms with Gasteiger partial charge in [0.15, 0.2) is 11.7 Å². The molecular weight excluding hydrogens is 418 g/mol. The molecule has 0 radical (unpaired) electrons. The summed E-state index contributed by atoms with van der Waals surface area (Å²) >= 11 is 8.04. The van der Waals surface area contributed by atoms with Gasteiger partial charge in [0.25, 0.3) is 5.91 Å². The maximum atomic E-state index is 12.2. The number of methoxy groups -OCH3 is 1. The molecule has 2 heterocycles. The number of esters is 1. The van der Waals surface area contributed by atoms with Gasteiger partial charge in [-0.3, -0.25) is 20.2 Å². The van der Waals surface area contributed by atoms with Crippen LogP contribution in [0, 0.1) is 10.1 Å². The van der Waals surface area contributed by atoms with E-state index in [1.54, 1.807) is 18.2 Å². The number of nitro groups is 1. The Kier molecular flexibility index (Phi) is 5.54. The Labute approximate surface area is 164 Å². The van der Waals surface area contributed by atoms with Gasteiger partial charge >= 0.3 is 11.0 Å². The Morgan fingerprint density at radius 1 is 1.37 bits per heavy atom. The molecular formula is C15H10ClN3O6S2. The second-order valence-electron chi connectivity index (χ2n) is 4.99. The van der Waals surface area contributed by atoms with Crippen LogP contribution in [0.25, 0.3) is 10.1 Å². The van der Waals surface area contributed by atoms with Crippen LogP contribution in [0.2, 0.25) is 5.02 Å². The molecule has 27 heavy (non-hydrogen) atoms. The lowest BCUT2D eigenvalue weighted by Crippen LogP contribution is -2.20. The first-order chi connectivity index (χ1) is 12.9. The van der Waals surface area contributed by atoms with Gasteiger partial charge in [-0.05, 0) is 29.5 Å². The van der Waals surface area contributed by atoms with Crippen LogP contribution < -0.4 is 10.1 Å². The minimum atomic E-state index is -0.750. The van der Waals surface area contributed by atoms with E-state index in [0.717, 1.165) is 22.2 Å². The molecule has 1 N–H and O–H groups in total. The molecule has 0 atom stereocenters. The number of carbonyl (C=O) groups is 2. The first-order valence-electron chi connectivity index (χ1n) is 7.22. The standard InChI is InChI=1S/C15H10ClN3O6S2/c1-24-7-2-3-8-9(4-7)26-13(12(8)16)14(21)25-6-10(20)18-15-17-5-11(27-15)19(22)23/h2-5H,6H2,1H3,(H,17,18,20). The fraction of sp³-hybridized carbons (Fsp3) is 0.133. The Balaban J connectivity index is 1.64. The van der Waals surface area contributed by atoms with Crippen molar-refractivity contribution in [1.82, 2.24) is 4.98 Å². The molecule has 9 nitrogen and oxygen atoms in total. The van der Waals surface area contributed by atoms with Crippen LogP contribution in [-0.2, 0) is 9.53 Å². The molecule has 12 heteroatoms. The number of nitrogens with zero attached hydrogens (tertiary/aromatic N) is 2. The molecule has 0 aliphatic carbocycles. The van der Waals surface area contributed by atoms with Crippen LogP contribution >= 0.6 is 34.3 Å². The van der Waals surface area contributed by atoms with E-state index in [1.807, 2.05) is 0 Å². The summed E-state index contributed by atoms with van der Waals surface area (Å²) in [5.74, 6) is -0.802. The van der Waals surface area contributed by atoms with Gasteiger partial charge in [-0.15, -0.1) is 11.3 Å². The highest BCUT2D eigenvalue weighted by molar-refractivity contribution is 7.21. The number of benzene rings is 1. The number of rotatable bonds is 6. The maximum Gasteiger partial charge on any atom is 0.350 e. The third kappa shape index (κ3) is 4.15. The molecule has 0 aliphatic heterocycles. The van der Waals surface area contributed by atoms with Gasteiger partial charge in [-0.25, -0.2) is 9.78 Å². The number of ether oxygens (including phenoxy) is 2. The van der Waals surface area contributed by atoms with Crippen LogP contribution in [0.15, 0.2) is 24.4 Å². The molecule has 1 aromatic carbocycles. The minimum Gasteiger partial charge on any atom is -0.497 e. The fourth-order valence-electron chi connectivity index (χ4n) is 2.06. The molecule has 0 bridgehead atoms. The van der Waals surface area contributed by atoms with Gasteiger partial charge in [0.2, 0.25) is 0 Å². The second kappa shape index (κ2) is 7.86. The summed E-state index contributed by atoms with van der Waals surface area (Å²) in [6.45, 7) is -0.583. The maximum absolute atomic E-state index is 12.2. The van der Waals surface area contributed by atoms with Gasteiger partial charge in [0, 0.05) is 10.1 Å². The molecule has 0 unspecified atom stereocenters. The van der Waals surface area contributed by atoms with Crippen molar-refractivity contribution >= 4 is 66.4 Å². The van der Waals surface area contributed by atoms with Gasteiger partial charge in [0.05, 0.1) is 17.1 Å². The highest BCUT2D eigenvalue weighted by atomic mass is 35.5. The molecule has 1 amide bonds. The molecule has 140 valence electrons. The van der Waals surface area contributed by atoms with Crippen LogP contribution in [-0.4, -0.2) is 35.5 Å². The zero-order chi connectivity index (χ0) is 19.6. The number of aromatic nitrogens is 1. The van der Waals surface area contributed by atoms with Crippen LogP contribution in [0.1, 0.15) is 9.67 Å². The van der Waals surface area contributed by atoms with E-state index in [1.165, 1.54) is 7.11 Å². The van der Waals surface area contributed by atoms with Crippen molar-refractivity contribution in [2.24, 2.45) is 0 Å². The van der Waals surface area contributed by atoms with Crippen molar-refractivity contribution in [2.75, 3.05) is 19.0 Å².